The highest BCUT2D eigenvalue weighted by molar-refractivity contribution is 7.18. The molecule has 3 aromatic rings. The first-order valence-electron chi connectivity index (χ1n) is 12.6. The van der Waals surface area contributed by atoms with Crippen LogP contribution in [-0.2, 0) is 4.79 Å². The predicted molar refractivity (Wildman–Crippen MR) is 143 cm³/mol. The van der Waals surface area contributed by atoms with Crippen molar-refractivity contribution >= 4 is 27.5 Å². The molecule has 1 atom stereocenters. The van der Waals surface area contributed by atoms with E-state index in [0.29, 0.717) is 18.9 Å². The van der Waals surface area contributed by atoms with Gasteiger partial charge in [0.05, 0.1) is 21.8 Å². The van der Waals surface area contributed by atoms with Crippen LogP contribution in [0.1, 0.15) is 17.8 Å². The summed E-state index contributed by atoms with van der Waals surface area (Å²) in [5, 5.41) is 20.1. The Balaban J connectivity index is 1.05. The third-order valence-corrected chi connectivity index (χ3v) is 7.12. The van der Waals surface area contributed by atoms with Gasteiger partial charge in [0.25, 0.3) is 0 Å². The zero-order valence-corrected chi connectivity index (χ0v) is 22.0. The lowest BCUT2D eigenvalue weighted by Gasteiger charge is -2.35. The molecule has 9 nitrogen and oxygen atoms in total. The van der Waals surface area contributed by atoms with Gasteiger partial charge in [-0.05, 0) is 62.7 Å². The molecule has 200 valence electrons. The van der Waals surface area contributed by atoms with Crippen LogP contribution in [0.5, 0.6) is 17.2 Å². The fraction of sp³-hybridized carbons (Fsp3) is 0.481. The summed E-state index contributed by atoms with van der Waals surface area (Å²) < 4.78 is 17.9. The van der Waals surface area contributed by atoms with Crippen LogP contribution in [0.15, 0.2) is 42.5 Å². The van der Waals surface area contributed by atoms with Crippen molar-refractivity contribution in [1.82, 2.24) is 14.8 Å². The van der Waals surface area contributed by atoms with Crippen LogP contribution in [-0.4, -0.2) is 96.2 Å². The van der Waals surface area contributed by atoms with Gasteiger partial charge < -0.3 is 29.3 Å². The molecule has 10 heteroatoms. The molecule has 0 spiro atoms. The number of hydrogen-bond acceptors (Lipinski definition) is 9. The molecule has 1 aliphatic heterocycles. The lowest BCUT2D eigenvalue weighted by Crippen LogP contribution is -2.49. The minimum atomic E-state index is -0.999. The van der Waals surface area contributed by atoms with Crippen molar-refractivity contribution in [2.24, 2.45) is 0 Å². The topological polar surface area (TPSA) is 105 Å². The minimum absolute atomic E-state index is 0.271. The summed E-state index contributed by atoms with van der Waals surface area (Å²) in [6.45, 7) is 8.05. The Kier molecular flexibility index (Phi) is 9.95. The molecule has 1 aliphatic rings. The molecule has 1 unspecified atom stereocenters. The largest absolute Gasteiger partial charge is 0.494 e. The SMILES string of the molecule is Cc1nc2cc(OCC(O)CN3CCN(CCCCOc4ccc(OCC(=O)O)cc4)CC3)ccc2s1. The number of carboxylic acids is 1. The van der Waals surface area contributed by atoms with E-state index >= 15 is 0 Å². The summed E-state index contributed by atoms with van der Waals surface area (Å²) in [5.41, 5.74) is 0.941. The van der Waals surface area contributed by atoms with E-state index in [1.165, 1.54) is 0 Å². The quantitative estimate of drug-likeness (QED) is 0.305. The number of carboxylic acid groups (broad SMARTS) is 1. The Morgan fingerprint density at radius 1 is 0.973 bits per heavy atom. The molecule has 1 fully saturated rings. The molecule has 0 radical (unpaired) electrons. The van der Waals surface area contributed by atoms with Gasteiger partial charge in [0.2, 0.25) is 0 Å². The van der Waals surface area contributed by atoms with Gasteiger partial charge in [-0.2, -0.15) is 0 Å². The smallest absolute Gasteiger partial charge is 0.341 e. The number of benzene rings is 2. The summed E-state index contributed by atoms with van der Waals surface area (Å²) in [7, 11) is 0. The maximum atomic E-state index is 10.5. The van der Waals surface area contributed by atoms with E-state index in [4.69, 9.17) is 19.3 Å². The number of β-amino-alcohol motifs (C(OH)–C–C–N with tert-alkyl or cyclic N) is 1. The van der Waals surface area contributed by atoms with Gasteiger partial charge in [0, 0.05) is 38.8 Å². The Morgan fingerprint density at radius 2 is 1.65 bits per heavy atom. The molecule has 0 aliphatic carbocycles. The van der Waals surface area contributed by atoms with E-state index < -0.39 is 12.1 Å². The number of rotatable bonds is 14. The van der Waals surface area contributed by atoms with Gasteiger partial charge in [-0.1, -0.05) is 0 Å². The zero-order chi connectivity index (χ0) is 26.0. The van der Waals surface area contributed by atoms with Crippen LogP contribution >= 0.6 is 11.3 Å². The van der Waals surface area contributed by atoms with E-state index in [0.717, 1.165) is 72.3 Å². The van der Waals surface area contributed by atoms with Gasteiger partial charge in [-0.25, -0.2) is 9.78 Å². The zero-order valence-electron chi connectivity index (χ0n) is 21.2. The number of nitrogens with zero attached hydrogens (tertiary/aromatic N) is 3. The summed E-state index contributed by atoms with van der Waals surface area (Å²) in [6, 6.07) is 12.9. The summed E-state index contributed by atoms with van der Waals surface area (Å²) >= 11 is 1.67. The van der Waals surface area contributed by atoms with Crippen LogP contribution in [0.4, 0.5) is 0 Å². The molecule has 2 N–H and O–H groups in total. The molecule has 2 aromatic carbocycles. The first-order chi connectivity index (χ1) is 17.9. The van der Waals surface area contributed by atoms with Crippen molar-refractivity contribution in [3.05, 3.63) is 47.5 Å². The van der Waals surface area contributed by atoms with Crippen molar-refractivity contribution < 1.29 is 29.2 Å². The Morgan fingerprint density at radius 3 is 2.38 bits per heavy atom. The third kappa shape index (κ3) is 8.85. The summed E-state index contributed by atoms with van der Waals surface area (Å²) in [6.07, 6.45) is 1.48. The highest BCUT2D eigenvalue weighted by Gasteiger charge is 2.19. The molecule has 2 heterocycles. The maximum Gasteiger partial charge on any atom is 0.341 e. The van der Waals surface area contributed by atoms with Crippen LogP contribution < -0.4 is 14.2 Å². The highest BCUT2D eigenvalue weighted by atomic mass is 32.1. The molecular formula is C27H35N3O6S. The monoisotopic (exact) mass is 529 g/mol. The van der Waals surface area contributed by atoms with E-state index in [9.17, 15) is 9.90 Å². The number of piperazine rings is 1. The minimum Gasteiger partial charge on any atom is -0.494 e. The molecular weight excluding hydrogens is 494 g/mol. The summed E-state index contributed by atoms with van der Waals surface area (Å²) in [4.78, 5) is 19.8. The number of ether oxygens (including phenoxy) is 3. The molecule has 0 amide bonds. The second-order valence-electron chi connectivity index (χ2n) is 9.18. The van der Waals surface area contributed by atoms with Crippen LogP contribution in [0.2, 0.25) is 0 Å². The number of carbonyl (C=O) groups is 1. The second kappa shape index (κ2) is 13.6. The van der Waals surface area contributed by atoms with Crippen LogP contribution in [0, 0.1) is 6.92 Å². The van der Waals surface area contributed by atoms with E-state index in [-0.39, 0.29) is 13.2 Å². The Hall–Kier alpha value is -2.92. The van der Waals surface area contributed by atoms with Gasteiger partial charge in [-0.15, -0.1) is 11.3 Å². The number of aliphatic hydroxyl groups excluding tert-OH is 1. The number of hydrogen-bond donors (Lipinski definition) is 2. The molecule has 1 aromatic heterocycles. The van der Waals surface area contributed by atoms with Gasteiger partial charge in [0.15, 0.2) is 6.61 Å². The van der Waals surface area contributed by atoms with Crippen molar-refractivity contribution in [3.63, 3.8) is 0 Å². The third-order valence-electron chi connectivity index (χ3n) is 6.17. The molecule has 0 bridgehead atoms. The average Bonchev–Trinajstić information content (AvgIpc) is 3.27. The standard InChI is InChI=1S/C27H35N3O6S/c1-20-28-25-16-24(8-9-26(25)37-20)35-18-21(31)17-30-13-11-29(12-14-30)10-2-3-15-34-22-4-6-23(7-5-22)36-19-27(32)33/h4-9,16,21,31H,2-3,10-15,17-19H2,1H3,(H,32,33). The molecule has 4 rings (SSSR count). The van der Waals surface area contributed by atoms with Gasteiger partial charge >= 0.3 is 5.97 Å². The maximum absolute atomic E-state index is 10.5. The van der Waals surface area contributed by atoms with Gasteiger partial charge in [-0.3, -0.25) is 4.90 Å². The number of aliphatic hydroxyl groups is 1. The van der Waals surface area contributed by atoms with Crippen molar-refractivity contribution in [2.45, 2.75) is 25.9 Å². The number of aryl methyl sites for hydroxylation is 1. The molecule has 1 saturated heterocycles. The molecule has 37 heavy (non-hydrogen) atoms. The number of unbranched alkanes of at least 4 members (excludes halogenated alkanes) is 1. The number of aliphatic carboxylic acids is 1. The van der Waals surface area contributed by atoms with E-state index in [2.05, 4.69) is 14.8 Å². The number of fused-ring (bicyclic) bond motifs is 1. The fourth-order valence-electron chi connectivity index (χ4n) is 4.26. The van der Waals surface area contributed by atoms with E-state index in [1.54, 1.807) is 35.6 Å². The Bertz CT molecular complexity index is 1130. The Labute approximate surface area is 221 Å². The van der Waals surface area contributed by atoms with Crippen molar-refractivity contribution in [2.75, 3.05) is 59.1 Å². The molecule has 0 saturated carbocycles. The normalized spacial score (nSPS) is 15.5. The summed E-state index contributed by atoms with van der Waals surface area (Å²) in [5.74, 6) is 1.00. The van der Waals surface area contributed by atoms with Crippen molar-refractivity contribution in [1.29, 1.82) is 0 Å². The highest BCUT2D eigenvalue weighted by Crippen LogP contribution is 2.25. The van der Waals surface area contributed by atoms with Gasteiger partial charge in [0.1, 0.15) is 30.0 Å². The average molecular weight is 530 g/mol. The van der Waals surface area contributed by atoms with Crippen molar-refractivity contribution in [3.8, 4) is 17.2 Å². The fourth-order valence-corrected chi connectivity index (χ4v) is 5.06. The van der Waals surface area contributed by atoms with Crippen LogP contribution in [0.25, 0.3) is 10.2 Å². The lowest BCUT2D eigenvalue weighted by molar-refractivity contribution is -0.139. The number of aromatic nitrogens is 1. The van der Waals surface area contributed by atoms with E-state index in [1.807, 2.05) is 25.1 Å². The first kappa shape index (κ1) is 27.1. The lowest BCUT2D eigenvalue weighted by atomic mass is 10.2. The first-order valence-corrected chi connectivity index (χ1v) is 13.5. The second-order valence-corrected chi connectivity index (χ2v) is 10.4. The predicted octanol–water partition coefficient (Wildman–Crippen LogP) is 3.28. The number of thiazole rings is 1. The van der Waals surface area contributed by atoms with Crippen LogP contribution in [0.3, 0.4) is 0 Å².